The molecular formula is C14H21FN2O4S. The second-order valence-electron chi connectivity index (χ2n) is 5.11. The summed E-state index contributed by atoms with van der Waals surface area (Å²) in [5.41, 5.74) is 0. The Morgan fingerprint density at radius 1 is 1.32 bits per heavy atom. The Balaban J connectivity index is 2.45. The lowest BCUT2D eigenvalue weighted by Crippen LogP contribution is -2.41. The van der Waals surface area contributed by atoms with Crippen LogP contribution in [0.2, 0.25) is 0 Å². The van der Waals surface area contributed by atoms with Gasteiger partial charge in [0.15, 0.2) is 11.5 Å². The standard InChI is InChI=1S/C14H21FN2O4S/c1-16-9-10-5-4-6-17(10)22(18,19)14-8-13(21-3)12(20-2)7-11(14)15/h7-8,10,16H,4-6,9H2,1-3H3/t10-/m1/s1. The molecule has 0 spiro atoms. The summed E-state index contributed by atoms with van der Waals surface area (Å²) in [4.78, 5) is -0.381. The molecule has 0 aromatic heterocycles. The van der Waals surface area contributed by atoms with E-state index in [-0.39, 0.29) is 22.4 Å². The number of halogens is 1. The van der Waals surface area contributed by atoms with Gasteiger partial charge in [0, 0.05) is 31.3 Å². The average molecular weight is 332 g/mol. The highest BCUT2D eigenvalue weighted by Gasteiger charge is 2.37. The van der Waals surface area contributed by atoms with Gasteiger partial charge in [-0.25, -0.2) is 12.8 Å². The number of hydrogen-bond acceptors (Lipinski definition) is 5. The molecule has 2 rings (SSSR count). The third kappa shape index (κ3) is 3.04. The van der Waals surface area contributed by atoms with Gasteiger partial charge >= 0.3 is 0 Å². The number of sulfonamides is 1. The van der Waals surface area contributed by atoms with Crippen molar-refractivity contribution in [2.75, 3.05) is 34.4 Å². The summed E-state index contributed by atoms with van der Waals surface area (Å²) in [5.74, 6) is -0.494. The van der Waals surface area contributed by atoms with Gasteiger partial charge in [-0.1, -0.05) is 0 Å². The smallest absolute Gasteiger partial charge is 0.246 e. The van der Waals surface area contributed by atoms with Crippen molar-refractivity contribution in [3.05, 3.63) is 17.9 Å². The van der Waals surface area contributed by atoms with Crippen LogP contribution in [0.25, 0.3) is 0 Å². The lowest BCUT2D eigenvalue weighted by atomic mass is 10.2. The highest BCUT2D eigenvalue weighted by Crippen LogP contribution is 2.34. The molecule has 0 bridgehead atoms. The molecule has 1 aromatic carbocycles. The Morgan fingerprint density at radius 3 is 2.55 bits per heavy atom. The largest absolute Gasteiger partial charge is 0.493 e. The van der Waals surface area contributed by atoms with Crippen LogP contribution in [0.4, 0.5) is 4.39 Å². The zero-order valence-electron chi connectivity index (χ0n) is 12.9. The molecule has 0 amide bonds. The zero-order valence-corrected chi connectivity index (χ0v) is 13.7. The fourth-order valence-corrected chi connectivity index (χ4v) is 4.48. The van der Waals surface area contributed by atoms with Gasteiger partial charge in [0.1, 0.15) is 10.7 Å². The predicted molar refractivity (Wildman–Crippen MR) is 80.3 cm³/mol. The summed E-state index contributed by atoms with van der Waals surface area (Å²) < 4.78 is 51.2. The highest BCUT2D eigenvalue weighted by atomic mass is 32.2. The Morgan fingerprint density at radius 2 is 1.95 bits per heavy atom. The van der Waals surface area contributed by atoms with Gasteiger partial charge < -0.3 is 14.8 Å². The third-order valence-electron chi connectivity index (χ3n) is 3.79. The molecule has 1 aromatic rings. The van der Waals surface area contributed by atoms with Crippen LogP contribution in [0, 0.1) is 5.82 Å². The van der Waals surface area contributed by atoms with E-state index in [2.05, 4.69) is 5.32 Å². The van der Waals surface area contributed by atoms with Crippen molar-refractivity contribution in [2.24, 2.45) is 0 Å². The van der Waals surface area contributed by atoms with Crippen molar-refractivity contribution < 1.29 is 22.3 Å². The minimum Gasteiger partial charge on any atom is -0.493 e. The summed E-state index contributed by atoms with van der Waals surface area (Å²) in [6, 6.07) is 2.05. The number of likely N-dealkylation sites (N-methyl/N-ethyl adjacent to an activating group) is 1. The summed E-state index contributed by atoms with van der Waals surface area (Å²) in [7, 11) is 0.599. The number of methoxy groups -OCH3 is 2. The Bertz CT molecular complexity index is 636. The van der Waals surface area contributed by atoms with E-state index in [1.165, 1.54) is 24.6 Å². The number of nitrogens with one attached hydrogen (secondary N) is 1. The molecular weight excluding hydrogens is 311 g/mol. The zero-order chi connectivity index (χ0) is 16.3. The topological polar surface area (TPSA) is 67.9 Å². The molecule has 0 unspecified atom stereocenters. The molecule has 0 aliphatic carbocycles. The van der Waals surface area contributed by atoms with Crippen molar-refractivity contribution in [3.8, 4) is 11.5 Å². The average Bonchev–Trinajstić information content (AvgIpc) is 2.96. The van der Waals surface area contributed by atoms with E-state index in [0.717, 1.165) is 18.9 Å². The lowest BCUT2D eigenvalue weighted by Gasteiger charge is -2.24. The molecule has 1 heterocycles. The van der Waals surface area contributed by atoms with Gasteiger partial charge in [-0.15, -0.1) is 0 Å². The summed E-state index contributed by atoms with van der Waals surface area (Å²) in [6.45, 7) is 0.927. The van der Waals surface area contributed by atoms with Crippen LogP contribution in [0.3, 0.4) is 0 Å². The Hall–Kier alpha value is -1.38. The molecule has 1 fully saturated rings. The second kappa shape index (κ2) is 6.80. The molecule has 22 heavy (non-hydrogen) atoms. The van der Waals surface area contributed by atoms with E-state index >= 15 is 0 Å². The number of ether oxygens (including phenoxy) is 2. The van der Waals surface area contributed by atoms with Gasteiger partial charge in [-0.3, -0.25) is 0 Å². The van der Waals surface area contributed by atoms with Crippen molar-refractivity contribution in [2.45, 2.75) is 23.8 Å². The fourth-order valence-electron chi connectivity index (χ4n) is 2.72. The maximum absolute atomic E-state index is 14.3. The second-order valence-corrected chi connectivity index (χ2v) is 6.97. The molecule has 8 heteroatoms. The Kier molecular flexibility index (Phi) is 5.25. The fraction of sp³-hybridized carbons (Fsp3) is 0.571. The molecule has 1 saturated heterocycles. The van der Waals surface area contributed by atoms with Gasteiger partial charge in [-0.2, -0.15) is 4.31 Å². The number of benzene rings is 1. The molecule has 1 atom stereocenters. The van der Waals surface area contributed by atoms with Gasteiger partial charge in [-0.05, 0) is 19.9 Å². The van der Waals surface area contributed by atoms with Gasteiger partial charge in [0.05, 0.1) is 14.2 Å². The molecule has 0 radical (unpaired) electrons. The van der Waals surface area contributed by atoms with E-state index in [1.807, 2.05) is 0 Å². The first-order valence-electron chi connectivity index (χ1n) is 7.03. The predicted octanol–water partition coefficient (Wildman–Crippen LogP) is 1.22. The van der Waals surface area contributed by atoms with Crippen LogP contribution in [-0.2, 0) is 10.0 Å². The van der Waals surface area contributed by atoms with Crippen molar-refractivity contribution in [3.63, 3.8) is 0 Å². The molecule has 124 valence electrons. The maximum atomic E-state index is 14.3. The van der Waals surface area contributed by atoms with Crippen LogP contribution >= 0.6 is 0 Å². The molecule has 1 aliphatic heterocycles. The monoisotopic (exact) mass is 332 g/mol. The first-order chi connectivity index (χ1) is 10.5. The number of rotatable bonds is 6. The number of hydrogen-bond donors (Lipinski definition) is 1. The van der Waals surface area contributed by atoms with Crippen LogP contribution in [0.1, 0.15) is 12.8 Å². The minimum absolute atomic E-state index is 0.159. The van der Waals surface area contributed by atoms with E-state index in [9.17, 15) is 12.8 Å². The summed E-state index contributed by atoms with van der Waals surface area (Å²) in [6.07, 6.45) is 1.52. The van der Waals surface area contributed by atoms with Crippen LogP contribution in [-0.4, -0.2) is 53.1 Å². The van der Waals surface area contributed by atoms with Crippen molar-refractivity contribution >= 4 is 10.0 Å². The van der Waals surface area contributed by atoms with E-state index in [0.29, 0.717) is 13.1 Å². The van der Waals surface area contributed by atoms with E-state index in [4.69, 9.17) is 9.47 Å². The van der Waals surface area contributed by atoms with Gasteiger partial charge in [0.25, 0.3) is 0 Å². The molecule has 6 nitrogen and oxygen atoms in total. The number of nitrogens with zero attached hydrogens (tertiary/aromatic N) is 1. The van der Waals surface area contributed by atoms with E-state index in [1.54, 1.807) is 7.05 Å². The summed E-state index contributed by atoms with van der Waals surface area (Å²) >= 11 is 0. The molecule has 1 aliphatic rings. The molecule has 0 saturated carbocycles. The molecule has 1 N–H and O–H groups in total. The van der Waals surface area contributed by atoms with Crippen molar-refractivity contribution in [1.29, 1.82) is 0 Å². The first-order valence-corrected chi connectivity index (χ1v) is 8.47. The van der Waals surface area contributed by atoms with Gasteiger partial charge in [0.2, 0.25) is 10.0 Å². The van der Waals surface area contributed by atoms with Crippen LogP contribution in [0.5, 0.6) is 11.5 Å². The Labute approximate surface area is 130 Å². The van der Waals surface area contributed by atoms with E-state index < -0.39 is 15.8 Å². The quantitative estimate of drug-likeness (QED) is 0.848. The first kappa shape index (κ1) is 17.0. The minimum atomic E-state index is -3.92. The van der Waals surface area contributed by atoms with Crippen molar-refractivity contribution in [1.82, 2.24) is 9.62 Å². The third-order valence-corrected chi connectivity index (χ3v) is 5.75. The highest BCUT2D eigenvalue weighted by molar-refractivity contribution is 7.89. The normalized spacial score (nSPS) is 19.4. The SMILES string of the molecule is CNC[C@H]1CCCN1S(=O)(=O)c1cc(OC)c(OC)cc1F. The van der Waals surface area contributed by atoms with Crippen LogP contribution in [0.15, 0.2) is 17.0 Å². The lowest BCUT2D eigenvalue weighted by molar-refractivity contribution is 0.348. The summed E-state index contributed by atoms with van der Waals surface area (Å²) in [5, 5.41) is 2.97. The maximum Gasteiger partial charge on any atom is 0.246 e. The van der Waals surface area contributed by atoms with Crippen LogP contribution < -0.4 is 14.8 Å².